The summed E-state index contributed by atoms with van der Waals surface area (Å²) in [6, 6.07) is 10.7. The van der Waals surface area contributed by atoms with Gasteiger partial charge >= 0.3 is 0 Å². The van der Waals surface area contributed by atoms with Gasteiger partial charge in [-0.25, -0.2) is 0 Å². The van der Waals surface area contributed by atoms with Crippen molar-refractivity contribution in [1.82, 2.24) is 0 Å². The summed E-state index contributed by atoms with van der Waals surface area (Å²) in [5.41, 5.74) is 1.45. The molecule has 0 spiro atoms. The van der Waals surface area contributed by atoms with E-state index in [1.54, 1.807) is 0 Å². The second-order valence-corrected chi connectivity index (χ2v) is 5.91. The zero-order valence-electron chi connectivity index (χ0n) is 10.4. The maximum Gasteiger partial charge on any atom is 0.0636 e. The number of rotatable bonds is 5. The standard InChI is InChI=1S/C16H22O/c17-15(10-9-13-7-8-13)16(11-4-12-16)14-5-2-1-3-6-14/h1-3,5-6,13,15,17H,4,7-12H2. The van der Waals surface area contributed by atoms with Gasteiger partial charge in [0.15, 0.2) is 0 Å². The monoisotopic (exact) mass is 230 g/mol. The Morgan fingerprint density at radius 1 is 1.18 bits per heavy atom. The molecular weight excluding hydrogens is 208 g/mol. The van der Waals surface area contributed by atoms with Crippen LogP contribution in [0.15, 0.2) is 30.3 Å². The lowest BCUT2D eigenvalue weighted by Gasteiger charge is -2.46. The summed E-state index contributed by atoms with van der Waals surface area (Å²) < 4.78 is 0. The molecule has 1 heteroatoms. The van der Waals surface area contributed by atoms with Crippen LogP contribution in [0.5, 0.6) is 0 Å². The summed E-state index contributed by atoms with van der Waals surface area (Å²) >= 11 is 0. The summed E-state index contributed by atoms with van der Waals surface area (Å²) in [5.74, 6) is 0.928. The van der Waals surface area contributed by atoms with Gasteiger partial charge in [0, 0.05) is 5.41 Å². The van der Waals surface area contributed by atoms with Gasteiger partial charge in [-0.05, 0) is 37.2 Å². The normalized spacial score (nSPS) is 24.1. The van der Waals surface area contributed by atoms with Crippen molar-refractivity contribution in [2.45, 2.75) is 56.5 Å². The fourth-order valence-electron chi connectivity index (χ4n) is 3.22. The first kappa shape index (κ1) is 11.3. The van der Waals surface area contributed by atoms with E-state index in [1.807, 2.05) is 0 Å². The van der Waals surface area contributed by atoms with Crippen molar-refractivity contribution in [3.63, 3.8) is 0 Å². The van der Waals surface area contributed by atoms with Gasteiger partial charge in [0.05, 0.1) is 6.10 Å². The summed E-state index contributed by atoms with van der Waals surface area (Å²) in [5, 5.41) is 10.5. The van der Waals surface area contributed by atoms with E-state index < -0.39 is 0 Å². The fourth-order valence-corrected chi connectivity index (χ4v) is 3.22. The number of aliphatic hydroxyl groups excluding tert-OH is 1. The van der Waals surface area contributed by atoms with Crippen molar-refractivity contribution in [2.24, 2.45) is 5.92 Å². The van der Waals surface area contributed by atoms with Crippen molar-refractivity contribution in [1.29, 1.82) is 0 Å². The van der Waals surface area contributed by atoms with Crippen LogP contribution in [0.1, 0.15) is 50.5 Å². The van der Waals surface area contributed by atoms with E-state index in [9.17, 15) is 5.11 Å². The number of hydrogen-bond acceptors (Lipinski definition) is 1. The second kappa shape index (κ2) is 4.45. The molecule has 0 aromatic heterocycles. The molecule has 0 bridgehead atoms. The van der Waals surface area contributed by atoms with Gasteiger partial charge in [-0.1, -0.05) is 49.6 Å². The average molecular weight is 230 g/mol. The largest absolute Gasteiger partial charge is 0.392 e. The third-order valence-electron chi connectivity index (χ3n) is 4.78. The molecule has 0 amide bonds. The predicted octanol–water partition coefficient (Wildman–Crippen LogP) is 3.66. The highest BCUT2D eigenvalue weighted by atomic mass is 16.3. The van der Waals surface area contributed by atoms with Crippen LogP contribution in [0, 0.1) is 5.92 Å². The van der Waals surface area contributed by atoms with E-state index >= 15 is 0 Å². The molecule has 2 fully saturated rings. The van der Waals surface area contributed by atoms with Gasteiger partial charge in [0.2, 0.25) is 0 Å². The number of benzene rings is 1. The van der Waals surface area contributed by atoms with Crippen LogP contribution in [0.2, 0.25) is 0 Å². The highest BCUT2D eigenvalue weighted by Crippen LogP contribution is 2.48. The molecule has 92 valence electrons. The van der Waals surface area contributed by atoms with Crippen LogP contribution in [0.4, 0.5) is 0 Å². The SMILES string of the molecule is OC(CCC1CC1)C1(c2ccccc2)CCC1. The lowest BCUT2D eigenvalue weighted by atomic mass is 9.60. The van der Waals surface area contributed by atoms with Crippen molar-refractivity contribution in [3.05, 3.63) is 35.9 Å². The van der Waals surface area contributed by atoms with Gasteiger partial charge in [-0.15, -0.1) is 0 Å². The zero-order chi connectivity index (χ0) is 11.7. The van der Waals surface area contributed by atoms with Crippen LogP contribution in [-0.2, 0) is 5.41 Å². The van der Waals surface area contributed by atoms with E-state index in [2.05, 4.69) is 30.3 Å². The van der Waals surface area contributed by atoms with Gasteiger partial charge in [-0.2, -0.15) is 0 Å². The molecular formula is C16H22O. The molecule has 1 unspecified atom stereocenters. The summed E-state index contributed by atoms with van der Waals surface area (Å²) in [6.45, 7) is 0. The lowest BCUT2D eigenvalue weighted by Crippen LogP contribution is -2.45. The molecule has 2 saturated carbocycles. The number of hydrogen-bond donors (Lipinski definition) is 1. The molecule has 17 heavy (non-hydrogen) atoms. The van der Waals surface area contributed by atoms with Crippen LogP contribution >= 0.6 is 0 Å². The third kappa shape index (κ3) is 2.13. The Labute approximate surface area is 104 Å². The molecule has 1 aromatic carbocycles. The van der Waals surface area contributed by atoms with Crippen LogP contribution in [-0.4, -0.2) is 11.2 Å². The van der Waals surface area contributed by atoms with Crippen molar-refractivity contribution < 1.29 is 5.11 Å². The van der Waals surface area contributed by atoms with Crippen LogP contribution in [0.3, 0.4) is 0 Å². The first-order valence-electron chi connectivity index (χ1n) is 7.05. The molecule has 2 aliphatic carbocycles. The van der Waals surface area contributed by atoms with Crippen molar-refractivity contribution in [3.8, 4) is 0 Å². The third-order valence-corrected chi connectivity index (χ3v) is 4.78. The minimum atomic E-state index is -0.126. The highest BCUT2D eigenvalue weighted by Gasteiger charge is 2.44. The molecule has 0 saturated heterocycles. The number of aliphatic hydroxyl groups is 1. The maximum absolute atomic E-state index is 10.5. The molecule has 1 aromatic rings. The quantitative estimate of drug-likeness (QED) is 0.818. The van der Waals surface area contributed by atoms with E-state index in [0.717, 1.165) is 12.3 Å². The van der Waals surface area contributed by atoms with Gasteiger partial charge in [0.1, 0.15) is 0 Å². The Bertz CT molecular complexity index is 362. The minimum absolute atomic E-state index is 0.0934. The molecule has 0 radical (unpaired) electrons. The molecule has 1 atom stereocenters. The lowest BCUT2D eigenvalue weighted by molar-refractivity contribution is 0.0199. The Hall–Kier alpha value is -0.820. The maximum atomic E-state index is 10.5. The van der Waals surface area contributed by atoms with E-state index in [1.165, 1.54) is 44.1 Å². The average Bonchev–Trinajstić information content (AvgIpc) is 3.10. The Morgan fingerprint density at radius 3 is 2.41 bits per heavy atom. The molecule has 0 aliphatic heterocycles. The van der Waals surface area contributed by atoms with Crippen molar-refractivity contribution in [2.75, 3.05) is 0 Å². The van der Waals surface area contributed by atoms with Crippen LogP contribution < -0.4 is 0 Å². The minimum Gasteiger partial charge on any atom is -0.392 e. The van der Waals surface area contributed by atoms with Crippen molar-refractivity contribution >= 4 is 0 Å². The first-order chi connectivity index (χ1) is 8.31. The topological polar surface area (TPSA) is 20.2 Å². The van der Waals surface area contributed by atoms with Gasteiger partial charge < -0.3 is 5.11 Å². The Balaban J connectivity index is 1.71. The molecule has 3 rings (SSSR count). The van der Waals surface area contributed by atoms with Gasteiger partial charge in [0.25, 0.3) is 0 Å². The molecule has 1 N–H and O–H groups in total. The van der Waals surface area contributed by atoms with E-state index in [-0.39, 0.29) is 11.5 Å². The summed E-state index contributed by atoms with van der Waals surface area (Å²) in [4.78, 5) is 0. The predicted molar refractivity (Wildman–Crippen MR) is 69.9 cm³/mol. The highest BCUT2D eigenvalue weighted by molar-refractivity contribution is 5.29. The Morgan fingerprint density at radius 2 is 1.88 bits per heavy atom. The molecule has 2 aliphatic rings. The molecule has 0 heterocycles. The fraction of sp³-hybridized carbons (Fsp3) is 0.625. The second-order valence-electron chi connectivity index (χ2n) is 5.91. The summed E-state index contributed by atoms with van der Waals surface area (Å²) in [6.07, 6.45) is 8.51. The van der Waals surface area contributed by atoms with Crippen LogP contribution in [0.25, 0.3) is 0 Å². The Kier molecular flexibility index (Phi) is 2.96. The summed E-state index contributed by atoms with van der Waals surface area (Å²) in [7, 11) is 0. The van der Waals surface area contributed by atoms with E-state index in [0.29, 0.717) is 0 Å². The molecule has 1 nitrogen and oxygen atoms in total. The smallest absolute Gasteiger partial charge is 0.0636 e. The van der Waals surface area contributed by atoms with Gasteiger partial charge in [-0.3, -0.25) is 0 Å². The van der Waals surface area contributed by atoms with E-state index in [4.69, 9.17) is 0 Å². The zero-order valence-corrected chi connectivity index (χ0v) is 10.4. The first-order valence-corrected chi connectivity index (χ1v) is 7.05.